The van der Waals surface area contributed by atoms with Gasteiger partial charge in [0.25, 0.3) is 0 Å². The van der Waals surface area contributed by atoms with Crippen molar-refractivity contribution >= 4 is 0 Å². The third kappa shape index (κ3) is 12.7. The Morgan fingerprint density at radius 2 is 1.60 bits per heavy atom. The molecule has 82 valence electrons. The van der Waals surface area contributed by atoms with Gasteiger partial charge in [-0.25, -0.2) is 0 Å². The zero-order chi connectivity index (χ0) is 11.2. The Kier molecular flexibility index (Phi) is 11.6. The van der Waals surface area contributed by atoms with E-state index in [2.05, 4.69) is 31.2 Å². The molecule has 0 fully saturated rings. The molecule has 0 aromatic carbocycles. The van der Waals surface area contributed by atoms with Crippen LogP contribution in [0.2, 0.25) is 0 Å². The summed E-state index contributed by atoms with van der Waals surface area (Å²) in [5.41, 5.74) is 0. The van der Waals surface area contributed by atoms with Gasteiger partial charge in [-0.2, -0.15) is 5.26 Å². The summed E-state index contributed by atoms with van der Waals surface area (Å²) in [6.45, 7) is 2.21. The molecule has 0 aliphatic heterocycles. The van der Waals surface area contributed by atoms with Crippen LogP contribution in [0.15, 0.2) is 36.5 Å². The fourth-order valence-electron chi connectivity index (χ4n) is 1.16. The maximum atomic E-state index is 8.25. The molecular weight excluding hydrogens is 182 g/mol. The maximum absolute atomic E-state index is 8.25. The van der Waals surface area contributed by atoms with Crippen LogP contribution in [-0.4, -0.2) is 0 Å². The first-order chi connectivity index (χ1) is 7.41. The minimum absolute atomic E-state index is 0.962. The van der Waals surface area contributed by atoms with Gasteiger partial charge in [0.2, 0.25) is 0 Å². The van der Waals surface area contributed by atoms with Crippen molar-refractivity contribution in [3.05, 3.63) is 36.5 Å². The van der Waals surface area contributed by atoms with Gasteiger partial charge in [-0.05, 0) is 25.7 Å². The number of allylic oxidation sites excluding steroid dienone is 6. The van der Waals surface area contributed by atoms with Crippen LogP contribution in [-0.2, 0) is 0 Å². The van der Waals surface area contributed by atoms with Crippen LogP contribution in [0.5, 0.6) is 0 Å². The Morgan fingerprint density at radius 3 is 2.27 bits per heavy atom. The molecule has 0 atom stereocenters. The van der Waals surface area contributed by atoms with E-state index in [9.17, 15) is 0 Å². The van der Waals surface area contributed by atoms with Gasteiger partial charge in [-0.15, -0.1) is 0 Å². The van der Waals surface area contributed by atoms with Crippen LogP contribution in [0, 0.1) is 11.3 Å². The predicted octanol–water partition coefficient (Wildman–Crippen LogP) is 4.54. The SMILES string of the molecule is CCCC/C=C/C/C=C/CC/C=C/C#N. The van der Waals surface area contributed by atoms with Crippen molar-refractivity contribution in [2.24, 2.45) is 0 Å². The summed E-state index contributed by atoms with van der Waals surface area (Å²) >= 11 is 0. The molecule has 0 N–H and O–H groups in total. The quantitative estimate of drug-likeness (QED) is 0.323. The highest BCUT2D eigenvalue weighted by Crippen LogP contribution is 1.98. The lowest BCUT2D eigenvalue weighted by Gasteiger charge is -1.88. The van der Waals surface area contributed by atoms with Gasteiger partial charge >= 0.3 is 0 Å². The molecule has 1 nitrogen and oxygen atoms in total. The molecule has 0 saturated carbocycles. The average Bonchev–Trinajstić information content (AvgIpc) is 2.26. The van der Waals surface area contributed by atoms with E-state index in [4.69, 9.17) is 5.26 Å². The van der Waals surface area contributed by atoms with Crippen molar-refractivity contribution in [2.45, 2.75) is 45.4 Å². The first-order valence-corrected chi connectivity index (χ1v) is 5.76. The van der Waals surface area contributed by atoms with Crippen LogP contribution in [0.1, 0.15) is 45.4 Å². The van der Waals surface area contributed by atoms with Crippen molar-refractivity contribution in [3.8, 4) is 6.07 Å². The molecule has 0 bridgehead atoms. The second kappa shape index (κ2) is 12.7. The predicted molar refractivity (Wildman–Crippen MR) is 66.4 cm³/mol. The van der Waals surface area contributed by atoms with E-state index in [1.165, 1.54) is 19.3 Å². The Labute approximate surface area is 93.8 Å². The molecule has 0 unspecified atom stereocenters. The van der Waals surface area contributed by atoms with Crippen molar-refractivity contribution in [1.29, 1.82) is 5.26 Å². The zero-order valence-electron chi connectivity index (χ0n) is 9.65. The largest absolute Gasteiger partial charge is 0.193 e. The third-order valence-electron chi connectivity index (χ3n) is 2.02. The first-order valence-electron chi connectivity index (χ1n) is 5.76. The van der Waals surface area contributed by atoms with Gasteiger partial charge in [0.15, 0.2) is 0 Å². The van der Waals surface area contributed by atoms with Crippen LogP contribution >= 0.6 is 0 Å². The molecular formula is C14H21N. The number of hydrogen-bond donors (Lipinski definition) is 0. The van der Waals surface area contributed by atoms with E-state index in [1.807, 2.05) is 12.1 Å². The third-order valence-corrected chi connectivity index (χ3v) is 2.02. The van der Waals surface area contributed by atoms with Crippen molar-refractivity contribution in [1.82, 2.24) is 0 Å². The Hall–Kier alpha value is -1.29. The van der Waals surface area contributed by atoms with Crippen molar-refractivity contribution in [3.63, 3.8) is 0 Å². The number of unbranched alkanes of at least 4 members (excludes halogenated alkanes) is 3. The molecule has 0 aromatic heterocycles. The van der Waals surface area contributed by atoms with E-state index in [1.54, 1.807) is 6.08 Å². The van der Waals surface area contributed by atoms with Gasteiger partial charge in [0.05, 0.1) is 6.07 Å². The smallest absolute Gasteiger partial charge is 0.0908 e. The monoisotopic (exact) mass is 203 g/mol. The van der Waals surface area contributed by atoms with Crippen molar-refractivity contribution in [2.75, 3.05) is 0 Å². The normalized spacial score (nSPS) is 11.7. The maximum Gasteiger partial charge on any atom is 0.0908 e. The lowest BCUT2D eigenvalue weighted by Crippen LogP contribution is -1.67. The van der Waals surface area contributed by atoms with Crippen LogP contribution in [0.4, 0.5) is 0 Å². The average molecular weight is 203 g/mol. The molecule has 0 aliphatic carbocycles. The first kappa shape index (κ1) is 13.7. The highest BCUT2D eigenvalue weighted by Gasteiger charge is 1.78. The van der Waals surface area contributed by atoms with Gasteiger partial charge in [-0.3, -0.25) is 0 Å². The number of hydrogen-bond acceptors (Lipinski definition) is 1. The minimum Gasteiger partial charge on any atom is -0.193 e. The molecule has 0 saturated heterocycles. The van der Waals surface area contributed by atoms with Crippen LogP contribution < -0.4 is 0 Å². The lowest BCUT2D eigenvalue weighted by atomic mass is 10.2. The van der Waals surface area contributed by atoms with Crippen LogP contribution in [0.3, 0.4) is 0 Å². The minimum atomic E-state index is 0.962. The molecule has 1 heteroatoms. The van der Waals surface area contributed by atoms with Crippen molar-refractivity contribution < 1.29 is 0 Å². The highest BCUT2D eigenvalue weighted by molar-refractivity contribution is 5.02. The standard InChI is InChI=1S/C14H21N/c1-2-3-4-5-6-7-8-9-10-11-12-13-14-15/h5-6,8-9,12-13H,2-4,7,10-11H2,1H3/b6-5+,9-8+,13-12+. The highest BCUT2D eigenvalue weighted by atomic mass is 14.2. The molecule has 0 aliphatic rings. The lowest BCUT2D eigenvalue weighted by molar-refractivity contribution is 0.813. The second-order valence-corrected chi connectivity index (χ2v) is 3.43. The molecule has 0 amide bonds. The van der Waals surface area contributed by atoms with Gasteiger partial charge < -0.3 is 0 Å². The van der Waals surface area contributed by atoms with E-state index >= 15 is 0 Å². The summed E-state index contributed by atoms with van der Waals surface area (Å²) in [5.74, 6) is 0. The Balaban J connectivity index is 3.28. The summed E-state index contributed by atoms with van der Waals surface area (Å²) in [6, 6.07) is 1.98. The molecule has 0 radical (unpaired) electrons. The van der Waals surface area contributed by atoms with Gasteiger partial charge in [0, 0.05) is 6.08 Å². The fraction of sp³-hybridized carbons (Fsp3) is 0.500. The summed E-state index contributed by atoms with van der Waals surface area (Å²) in [6.07, 6.45) is 19.1. The molecule has 0 spiro atoms. The molecule has 0 rings (SSSR count). The number of nitriles is 1. The second-order valence-electron chi connectivity index (χ2n) is 3.43. The summed E-state index contributed by atoms with van der Waals surface area (Å²) in [7, 11) is 0. The molecule has 15 heavy (non-hydrogen) atoms. The van der Waals surface area contributed by atoms with E-state index in [0.29, 0.717) is 0 Å². The van der Waals surface area contributed by atoms with E-state index in [-0.39, 0.29) is 0 Å². The Morgan fingerprint density at radius 1 is 0.933 bits per heavy atom. The molecule has 0 aromatic rings. The van der Waals surface area contributed by atoms with E-state index in [0.717, 1.165) is 19.3 Å². The van der Waals surface area contributed by atoms with E-state index < -0.39 is 0 Å². The fourth-order valence-corrected chi connectivity index (χ4v) is 1.16. The number of rotatable bonds is 8. The Bertz CT molecular complexity index is 241. The van der Waals surface area contributed by atoms with Gasteiger partial charge in [0.1, 0.15) is 0 Å². The number of nitrogens with zero attached hydrogens (tertiary/aromatic N) is 1. The summed E-state index contributed by atoms with van der Waals surface area (Å²) < 4.78 is 0. The summed E-state index contributed by atoms with van der Waals surface area (Å²) in [5, 5.41) is 8.25. The topological polar surface area (TPSA) is 23.8 Å². The molecule has 0 heterocycles. The summed E-state index contributed by atoms with van der Waals surface area (Å²) in [4.78, 5) is 0. The van der Waals surface area contributed by atoms with Gasteiger partial charge in [-0.1, -0.05) is 50.1 Å². The zero-order valence-corrected chi connectivity index (χ0v) is 9.65. The van der Waals surface area contributed by atoms with Crippen LogP contribution in [0.25, 0.3) is 0 Å².